The summed E-state index contributed by atoms with van der Waals surface area (Å²) in [6.45, 7) is 4.54. The molecule has 2 aromatic rings. The van der Waals surface area contributed by atoms with E-state index in [0.29, 0.717) is 0 Å². The smallest absolute Gasteiger partial charge is 0.189 e. The van der Waals surface area contributed by atoms with E-state index in [1.807, 2.05) is 36.4 Å². The second kappa shape index (κ2) is 7.88. The molecule has 6 heteroatoms. The first-order chi connectivity index (χ1) is 15.1. The SMILES string of the molecule is CC[NH+]1CC=C2C(C#N)C(=N)C(C#N)(C#N)[C@@H](c3ccc(OC)c4ccccc34)[C@H]2C1. The third kappa shape index (κ3) is 2.90. The van der Waals surface area contributed by atoms with Gasteiger partial charge >= 0.3 is 0 Å². The lowest BCUT2D eigenvalue weighted by atomic mass is 9.54. The van der Waals surface area contributed by atoms with Crippen molar-refractivity contribution in [3.05, 3.63) is 53.6 Å². The maximum Gasteiger partial charge on any atom is 0.189 e. The third-order valence-corrected chi connectivity index (χ3v) is 6.93. The number of nitrogens with zero attached hydrogens (tertiary/aromatic N) is 3. The summed E-state index contributed by atoms with van der Waals surface area (Å²) in [5.74, 6) is -0.814. The predicted octanol–water partition coefficient (Wildman–Crippen LogP) is 2.60. The fraction of sp³-hybridized carbons (Fsp3) is 0.360. The fourth-order valence-electron chi connectivity index (χ4n) is 5.34. The molecular formula is C25H24N5O+. The molecule has 0 amide bonds. The molecule has 1 heterocycles. The van der Waals surface area contributed by atoms with Gasteiger partial charge in [-0.2, -0.15) is 15.8 Å². The van der Waals surface area contributed by atoms with Crippen molar-refractivity contribution in [2.75, 3.05) is 26.7 Å². The van der Waals surface area contributed by atoms with Crippen molar-refractivity contribution < 1.29 is 9.64 Å². The second-order valence-corrected chi connectivity index (χ2v) is 8.21. The van der Waals surface area contributed by atoms with E-state index in [9.17, 15) is 15.8 Å². The van der Waals surface area contributed by atoms with Gasteiger partial charge in [-0.25, -0.2) is 0 Å². The van der Waals surface area contributed by atoms with E-state index in [-0.39, 0.29) is 11.6 Å². The van der Waals surface area contributed by atoms with Gasteiger partial charge in [0, 0.05) is 17.2 Å². The van der Waals surface area contributed by atoms with Gasteiger partial charge in [0.25, 0.3) is 0 Å². The van der Waals surface area contributed by atoms with E-state index in [4.69, 9.17) is 10.1 Å². The number of likely N-dealkylation sites (N-methyl/N-ethyl adjacent to an activating group) is 1. The first kappa shape index (κ1) is 20.6. The normalized spacial score (nSPS) is 26.7. The highest BCUT2D eigenvalue weighted by molar-refractivity contribution is 6.02. The molecule has 0 aromatic heterocycles. The summed E-state index contributed by atoms with van der Waals surface area (Å²) in [6, 6.07) is 18.2. The van der Waals surface area contributed by atoms with Crippen molar-refractivity contribution in [3.8, 4) is 24.0 Å². The minimum atomic E-state index is -1.70. The van der Waals surface area contributed by atoms with Gasteiger partial charge in [-0.15, -0.1) is 0 Å². The van der Waals surface area contributed by atoms with Gasteiger partial charge in [0.15, 0.2) is 5.41 Å². The maximum atomic E-state index is 10.3. The molecule has 4 rings (SSSR count). The number of benzene rings is 2. The summed E-state index contributed by atoms with van der Waals surface area (Å²) >= 11 is 0. The number of nitriles is 3. The standard InChI is InChI=1S/C25H23N5O/c1-3-30-11-10-17-20(12-26)24(29)25(14-27,15-28)23(21(17)13-30)19-8-9-22(31-2)18-7-5-4-6-16(18)19/h4-10,20-21,23,29H,3,11,13H2,1-2H3/p+1/t20?,21-,23-/m0/s1. The first-order valence-corrected chi connectivity index (χ1v) is 10.5. The Hall–Kier alpha value is -3.66. The molecule has 0 radical (unpaired) electrons. The molecule has 4 atom stereocenters. The van der Waals surface area contributed by atoms with E-state index in [1.54, 1.807) is 7.11 Å². The minimum Gasteiger partial charge on any atom is -0.496 e. The van der Waals surface area contributed by atoms with Crippen LogP contribution < -0.4 is 9.64 Å². The summed E-state index contributed by atoms with van der Waals surface area (Å²) < 4.78 is 5.54. The molecular weight excluding hydrogens is 386 g/mol. The number of rotatable bonds is 3. The Morgan fingerprint density at radius 2 is 1.84 bits per heavy atom. The summed E-state index contributed by atoms with van der Waals surface area (Å²) in [5.41, 5.74) is -0.0624. The number of methoxy groups -OCH3 is 1. The molecule has 1 fully saturated rings. The van der Waals surface area contributed by atoms with E-state index in [0.717, 1.165) is 47.3 Å². The molecule has 31 heavy (non-hydrogen) atoms. The Balaban J connectivity index is 2.04. The number of hydrogen-bond acceptors (Lipinski definition) is 5. The van der Waals surface area contributed by atoms with E-state index < -0.39 is 17.3 Å². The molecule has 1 aliphatic heterocycles. The van der Waals surface area contributed by atoms with Gasteiger partial charge in [-0.3, -0.25) is 0 Å². The number of hydrogen-bond donors (Lipinski definition) is 2. The van der Waals surface area contributed by atoms with E-state index in [1.165, 1.54) is 4.90 Å². The zero-order valence-electron chi connectivity index (χ0n) is 17.6. The Kier molecular flexibility index (Phi) is 5.24. The van der Waals surface area contributed by atoms with Crippen LogP contribution in [0.15, 0.2) is 48.0 Å². The van der Waals surface area contributed by atoms with Gasteiger partial charge in [-0.1, -0.05) is 30.3 Å². The number of ether oxygens (including phenoxy) is 1. The molecule has 2 aromatic carbocycles. The van der Waals surface area contributed by atoms with Crippen molar-refractivity contribution >= 4 is 16.5 Å². The largest absolute Gasteiger partial charge is 0.496 e. The second-order valence-electron chi connectivity index (χ2n) is 8.21. The minimum absolute atomic E-state index is 0.104. The van der Waals surface area contributed by atoms with Crippen LogP contribution in [0.3, 0.4) is 0 Å². The Morgan fingerprint density at radius 3 is 2.45 bits per heavy atom. The van der Waals surface area contributed by atoms with Gasteiger partial charge in [-0.05, 0) is 35.6 Å². The van der Waals surface area contributed by atoms with E-state index in [2.05, 4.69) is 31.2 Å². The zero-order chi connectivity index (χ0) is 22.2. The average Bonchev–Trinajstić information content (AvgIpc) is 2.82. The van der Waals surface area contributed by atoms with Gasteiger partial charge in [0.05, 0.1) is 50.7 Å². The van der Waals surface area contributed by atoms with Gasteiger partial charge < -0.3 is 15.0 Å². The summed E-state index contributed by atoms with van der Waals surface area (Å²) in [5, 5.41) is 41.0. The van der Waals surface area contributed by atoms with Crippen LogP contribution in [0.5, 0.6) is 5.75 Å². The van der Waals surface area contributed by atoms with Crippen LogP contribution in [0.4, 0.5) is 0 Å². The lowest BCUT2D eigenvalue weighted by Crippen LogP contribution is -3.13. The Bertz CT molecular complexity index is 1200. The quantitative estimate of drug-likeness (QED) is 0.758. The van der Waals surface area contributed by atoms with Crippen LogP contribution >= 0.6 is 0 Å². The molecule has 0 saturated heterocycles. The van der Waals surface area contributed by atoms with Crippen LogP contribution in [-0.4, -0.2) is 32.5 Å². The molecule has 0 spiro atoms. The zero-order valence-corrected chi connectivity index (χ0v) is 17.6. The van der Waals surface area contributed by atoms with Crippen molar-refractivity contribution in [2.24, 2.45) is 17.3 Å². The molecule has 6 nitrogen and oxygen atoms in total. The fourth-order valence-corrected chi connectivity index (χ4v) is 5.34. The number of fused-ring (bicyclic) bond motifs is 2. The van der Waals surface area contributed by atoms with Crippen LogP contribution in [-0.2, 0) is 0 Å². The highest BCUT2D eigenvalue weighted by Crippen LogP contribution is 2.54. The van der Waals surface area contributed by atoms with Gasteiger partial charge in [0.2, 0.25) is 0 Å². The first-order valence-electron chi connectivity index (χ1n) is 10.5. The monoisotopic (exact) mass is 410 g/mol. The predicted molar refractivity (Wildman–Crippen MR) is 117 cm³/mol. The third-order valence-electron chi connectivity index (χ3n) is 6.93. The summed E-state index contributed by atoms with van der Waals surface area (Å²) in [6.07, 6.45) is 2.06. The molecule has 2 unspecified atom stereocenters. The van der Waals surface area contributed by atoms with Crippen molar-refractivity contribution in [2.45, 2.75) is 12.8 Å². The molecule has 1 saturated carbocycles. The molecule has 1 aliphatic carbocycles. The average molecular weight is 411 g/mol. The van der Waals surface area contributed by atoms with Crippen molar-refractivity contribution in [1.82, 2.24) is 0 Å². The molecule has 0 bridgehead atoms. The van der Waals surface area contributed by atoms with Gasteiger partial charge in [0.1, 0.15) is 11.7 Å². The Morgan fingerprint density at radius 1 is 1.13 bits per heavy atom. The molecule has 2 N–H and O–H groups in total. The van der Waals surface area contributed by atoms with E-state index >= 15 is 0 Å². The van der Waals surface area contributed by atoms with Crippen LogP contribution in [0.2, 0.25) is 0 Å². The highest BCUT2D eigenvalue weighted by Gasteiger charge is 2.58. The van der Waals surface area contributed by atoms with Crippen LogP contribution in [0.25, 0.3) is 10.8 Å². The molecule has 154 valence electrons. The Labute approximate surface area is 182 Å². The lowest BCUT2D eigenvalue weighted by molar-refractivity contribution is -0.897. The van der Waals surface area contributed by atoms with Crippen molar-refractivity contribution in [3.63, 3.8) is 0 Å². The highest BCUT2D eigenvalue weighted by atomic mass is 16.5. The number of quaternary nitrogens is 1. The van der Waals surface area contributed by atoms with Crippen molar-refractivity contribution in [1.29, 1.82) is 21.2 Å². The molecule has 2 aliphatic rings. The van der Waals surface area contributed by atoms with Crippen LogP contribution in [0.1, 0.15) is 18.4 Å². The maximum absolute atomic E-state index is 10.3. The lowest BCUT2D eigenvalue weighted by Gasteiger charge is -2.46. The summed E-state index contributed by atoms with van der Waals surface area (Å²) in [7, 11) is 1.62. The van der Waals surface area contributed by atoms with Crippen LogP contribution in [0, 0.1) is 56.7 Å². The number of nitrogens with one attached hydrogen (secondary N) is 2. The summed E-state index contributed by atoms with van der Waals surface area (Å²) in [4.78, 5) is 1.34. The topological polar surface area (TPSA) is 109 Å².